The topological polar surface area (TPSA) is 46.0 Å². The fraction of sp³-hybridized carbons (Fsp3) is 0.167. The van der Waals surface area contributed by atoms with Crippen LogP contribution in [0.25, 0.3) is 0 Å². The number of aromatic nitrogens is 2. The van der Waals surface area contributed by atoms with Gasteiger partial charge in [-0.2, -0.15) is 0 Å². The summed E-state index contributed by atoms with van der Waals surface area (Å²) < 4.78 is 0. The molecule has 15 heavy (non-hydrogen) atoms. The van der Waals surface area contributed by atoms with Crippen LogP contribution in [0.2, 0.25) is 0 Å². The van der Waals surface area contributed by atoms with Gasteiger partial charge in [-0.25, -0.2) is 9.97 Å². The standard InChI is InChI=1S/C12H12N2O/c1-9-5-2-3-6-10(9)11(15)12-13-7-4-8-14-12/h2-8,11,15H,1H3/t11-/m1/s1. The average molecular weight is 200 g/mol. The van der Waals surface area contributed by atoms with Gasteiger partial charge < -0.3 is 5.11 Å². The van der Waals surface area contributed by atoms with E-state index in [1.807, 2.05) is 31.2 Å². The second-order valence-electron chi connectivity index (χ2n) is 3.37. The third kappa shape index (κ3) is 2.02. The molecule has 76 valence electrons. The van der Waals surface area contributed by atoms with E-state index < -0.39 is 6.10 Å². The summed E-state index contributed by atoms with van der Waals surface area (Å²) in [6.07, 6.45) is 2.51. The summed E-state index contributed by atoms with van der Waals surface area (Å²) in [4.78, 5) is 8.07. The molecule has 1 N–H and O–H groups in total. The molecule has 0 radical (unpaired) electrons. The molecule has 0 aliphatic rings. The number of aryl methyl sites for hydroxylation is 1. The summed E-state index contributed by atoms with van der Waals surface area (Å²) in [5.74, 6) is 0.437. The molecular weight excluding hydrogens is 188 g/mol. The zero-order valence-electron chi connectivity index (χ0n) is 8.46. The molecular formula is C12H12N2O. The molecule has 2 rings (SSSR count). The summed E-state index contributed by atoms with van der Waals surface area (Å²) in [7, 11) is 0. The van der Waals surface area contributed by atoms with E-state index in [9.17, 15) is 5.11 Å². The van der Waals surface area contributed by atoms with Crippen molar-refractivity contribution in [1.29, 1.82) is 0 Å². The van der Waals surface area contributed by atoms with Crippen LogP contribution in [0.4, 0.5) is 0 Å². The van der Waals surface area contributed by atoms with Gasteiger partial charge in [-0.3, -0.25) is 0 Å². The first kappa shape index (κ1) is 9.80. The van der Waals surface area contributed by atoms with E-state index in [0.29, 0.717) is 5.82 Å². The molecule has 1 atom stereocenters. The minimum atomic E-state index is -0.743. The number of benzene rings is 1. The maximum Gasteiger partial charge on any atom is 0.161 e. The van der Waals surface area contributed by atoms with Gasteiger partial charge in [0.05, 0.1) is 0 Å². The van der Waals surface area contributed by atoms with E-state index in [1.165, 1.54) is 0 Å². The molecule has 0 amide bonds. The van der Waals surface area contributed by atoms with Crippen LogP contribution in [0, 0.1) is 6.92 Å². The van der Waals surface area contributed by atoms with Crippen molar-refractivity contribution < 1.29 is 5.11 Å². The highest BCUT2D eigenvalue weighted by Crippen LogP contribution is 2.21. The Kier molecular flexibility index (Phi) is 2.74. The van der Waals surface area contributed by atoms with E-state index in [1.54, 1.807) is 18.5 Å². The highest BCUT2D eigenvalue weighted by atomic mass is 16.3. The van der Waals surface area contributed by atoms with Crippen LogP contribution in [0.5, 0.6) is 0 Å². The van der Waals surface area contributed by atoms with E-state index in [-0.39, 0.29) is 0 Å². The minimum absolute atomic E-state index is 0.437. The van der Waals surface area contributed by atoms with E-state index in [0.717, 1.165) is 11.1 Å². The quantitative estimate of drug-likeness (QED) is 0.804. The second-order valence-corrected chi connectivity index (χ2v) is 3.37. The monoisotopic (exact) mass is 200 g/mol. The third-order valence-corrected chi connectivity index (χ3v) is 2.31. The maximum atomic E-state index is 10.0. The minimum Gasteiger partial charge on any atom is -0.380 e. The number of rotatable bonds is 2. The molecule has 0 fully saturated rings. The van der Waals surface area contributed by atoms with Crippen molar-refractivity contribution in [3.63, 3.8) is 0 Å². The van der Waals surface area contributed by atoms with Crippen molar-refractivity contribution >= 4 is 0 Å². The van der Waals surface area contributed by atoms with Gasteiger partial charge >= 0.3 is 0 Å². The van der Waals surface area contributed by atoms with Gasteiger partial charge in [0.2, 0.25) is 0 Å². The Morgan fingerprint density at radius 3 is 2.40 bits per heavy atom. The van der Waals surface area contributed by atoms with Crippen molar-refractivity contribution in [1.82, 2.24) is 9.97 Å². The van der Waals surface area contributed by atoms with Crippen LogP contribution in [0.15, 0.2) is 42.7 Å². The Morgan fingerprint density at radius 2 is 1.73 bits per heavy atom. The highest BCUT2D eigenvalue weighted by Gasteiger charge is 2.14. The first-order chi connectivity index (χ1) is 7.29. The van der Waals surface area contributed by atoms with Crippen LogP contribution in [0.1, 0.15) is 23.1 Å². The van der Waals surface area contributed by atoms with Crippen LogP contribution < -0.4 is 0 Å². The summed E-state index contributed by atoms with van der Waals surface area (Å²) >= 11 is 0. The predicted octanol–water partition coefficient (Wildman–Crippen LogP) is 1.87. The Morgan fingerprint density at radius 1 is 1.07 bits per heavy atom. The predicted molar refractivity (Wildman–Crippen MR) is 57.3 cm³/mol. The van der Waals surface area contributed by atoms with Gasteiger partial charge in [0.15, 0.2) is 5.82 Å². The van der Waals surface area contributed by atoms with Crippen LogP contribution in [0.3, 0.4) is 0 Å². The summed E-state index contributed by atoms with van der Waals surface area (Å²) in [5.41, 5.74) is 1.89. The van der Waals surface area contributed by atoms with E-state index >= 15 is 0 Å². The third-order valence-electron chi connectivity index (χ3n) is 2.31. The molecule has 3 heteroatoms. The number of hydrogen-bond donors (Lipinski definition) is 1. The lowest BCUT2D eigenvalue weighted by atomic mass is 10.0. The van der Waals surface area contributed by atoms with Crippen molar-refractivity contribution in [3.05, 3.63) is 59.7 Å². The molecule has 1 aromatic carbocycles. The fourth-order valence-corrected chi connectivity index (χ4v) is 1.48. The van der Waals surface area contributed by atoms with Gasteiger partial charge in [-0.15, -0.1) is 0 Å². The zero-order valence-corrected chi connectivity index (χ0v) is 8.46. The van der Waals surface area contributed by atoms with Gasteiger partial charge in [0, 0.05) is 12.4 Å². The SMILES string of the molecule is Cc1ccccc1[C@@H](O)c1ncccn1. The molecule has 1 heterocycles. The number of hydrogen-bond acceptors (Lipinski definition) is 3. The molecule has 0 saturated heterocycles. The molecule has 0 spiro atoms. The Hall–Kier alpha value is -1.74. The molecule has 0 aliphatic carbocycles. The Bertz CT molecular complexity index is 442. The molecule has 0 aliphatic heterocycles. The first-order valence-corrected chi connectivity index (χ1v) is 4.79. The normalized spacial score (nSPS) is 12.4. The second kappa shape index (κ2) is 4.19. The number of aliphatic hydroxyl groups is 1. The molecule has 0 bridgehead atoms. The van der Waals surface area contributed by atoms with Crippen LogP contribution in [-0.4, -0.2) is 15.1 Å². The molecule has 2 aromatic rings. The first-order valence-electron chi connectivity index (χ1n) is 4.79. The van der Waals surface area contributed by atoms with Crippen LogP contribution >= 0.6 is 0 Å². The molecule has 0 unspecified atom stereocenters. The lowest BCUT2D eigenvalue weighted by molar-refractivity contribution is 0.209. The lowest BCUT2D eigenvalue weighted by Gasteiger charge is -2.11. The molecule has 3 nitrogen and oxygen atoms in total. The van der Waals surface area contributed by atoms with Gasteiger partial charge in [-0.1, -0.05) is 24.3 Å². The van der Waals surface area contributed by atoms with E-state index in [4.69, 9.17) is 0 Å². The molecule has 1 aromatic heterocycles. The van der Waals surface area contributed by atoms with Crippen molar-refractivity contribution in [2.45, 2.75) is 13.0 Å². The molecule has 0 saturated carbocycles. The van der Waals surface area contributed by atoms with Crippen molar-refractivity contribution in [3.8, 4) is 0 Å². The average Bonchev–Trinajstić information content (AvgIpc) is 2.30. The number of nitrogens with zero attached hydrogens (tertiary/aromatic N) is 2. The number of aliphatic hydroxyl groups excluding tert-OH is 1. The summed E-state index contributed by atoms with van der Waals surface area (Å²) in [6, 6.07) is 9.41. The van der Waals surface area contributed by atoms with Crippen LogP contribution in [-0.2, 0) is 0 Å². The van der Waals surface area contributed by atoms with E-state index in [2.05, 4.69) is 9.97 Å². The van der Waals surface area contributed by atoms with Gasteiger partial charge in [-0.05, 0) is 24.1 Å². The lowest BCUT2D eigenvalue weighted by Crippen LogP contribution is -2.05. The Labute approximate surface area is 88.5 Å². The maximum absolute atomic E-state index is 10.0. The van der Waals surface area contributed by atoms with Gasteiger partial charge in [0.1, 0.15) is 6.10 Å². The summed E-state index contributed by atoms with van der Waals surface area (Å²) in [5, 5.41) is 10.0. The highest BCUT2D eigenvalue weighted by molar-refractivity contribution is 5.30. The Balaban J connectivity index is 2.37. The summed E-state index contributed by atoms with van der Waals surface area (Å²) in [6.45, 7) is 1.96. The van der Waals surface area contributed by atoms with Gasteiger partial charge in [0.25, 0.3) is 0 Å². The largest absolute Gasteiger partial charge is 0.380 e. The van der Waals surface area contributed by atoms with Crippen molar-refractivity contribution in [2.75, 3.05) is 0 Å². The smallest absolute Gasteiger partial charge is 0.161 e. The van der Waals surface area contributed by atoms with Crippen molar-refractivity contribution in [2.24, 2.45) is 0 Å². The zero-order chi connectivity index (χ0) is 10.7. The fourth-order valence-electron chi connectivity index (χ4n) is 1.48.